The number of nitrogens with zero attached hydrogens (tertiary/aromatic N) is 2. The lowest BCUT2D eigenvalue weighted by Crippen LogP contribution is -2.24. The molecule has 0 radical (unpaired) electrons. The average molecular weight is 391 g/mol. The van der Waals surface area contributed by atoms with E-state index in [0.717, 1.165) is 11.1 Å². The zero-order valence-electron chi connectivity index (χ0n) is 15.7. The van der Waals surface area contributed by atoms with Gasteiger partial charge >= 0.3 is 0 Å². The molecule has 3 aromatic rings. The van der Waals surface area contributed by atoms with Gasteiger partial charge in [-0.1, -0.05) is 12.0 Å². The van der Waals surface area contributed by atoms with Gasteiger partial charge in [-0.05, 0) is 42.0 Å². The molecule has 0 fully saturated rings. The van der Waals surface area contributed by atoms with E-state index in [0.29, 0.717) is 23.0 Å². The number of aromatic nitrogens is 2. The van der Waals surface area contributed by atoms with E-state index >= 15 is 0 Å². The molecule has 1 aliphatic heterocycles. The lowest BCUT2D eigenvalue weighted by atomic mass is 9.87. The fourth-order valence-corrected chi connectivity index (χ4v) is 3.43. The Balaban J connectivity index is 1.73. The van der Waals surface area contributed by atoms with Crippen LogP contribution in [0, 0.1) is 18.2 Å². The van der Waals surface area contributed by atoms with Crippen molar-refractivity contribution < 1.29 is 18.7 Å². The predicted molar refractivity (Wildman–Crippen MR) is 106 cm³/mol. The summed E-state index contributed by atoms with van der Waals surface area (Å²) in [7, 11) is 1.55. The van der Waals surface area contributed by atoms with Crippen LogP contribution in [0.25, 0.3) is 5.69 Å². The Bertz CT molecular complexity index is 1100. The van der Waals surface area contributed by atoms with Gasteiger partial charge in [0.25, 0.3) is 0 Å². The largest absolute Gasteiger partial charge is 0.493 e. The van der Waals surface area contributed by atoms with Crippen LogP contribution in [0.2, 0.25) is 0 Å². The molecule has 1 N–H and O–H groups in total. The first-order chi connectivity index (χ1) is 14.1. The molecule has 7 heteroatoms. The third-order valence-electron chi connectivity index (χ3n) is 4.79. The first-order valence-corrected chi connectivity index (χ1v) is 8.98. The van der Waals surface area contributed by atoms with Crippen LogP contribution in [-0.2, 0) is 4.79 Å². The Morgan fingerprint density at radius 3 is 2.79 bits per heavy atom. The molecule has 29 heavy (non-hydrogen) atoms. The van der Waals surface area contributed by atoms with Gasteiger partial charge in [-0.3, -0.25) is 4.79 Å². The summed E-state index contributed by atoms with van der Waals surface area (Å²) in [6, 6.07) is 11.4. The van der Waals surface area contributed by atoms with Gasteiger partial charge in [0.1, 0.15) is 18.2 Å². The second-order valence-electron chi connectivity index (χ2n) is 6.54. The molecule has 1 aliphatic rings. The zero-order valence-corrected chi connectivity index (χ0v) is 15.7. The van der Waals surface area contributed by atoms with Crippen LogP contribution >= 0.6 is 0 Å². The van der Waals surface area contributed by atoms with Gasteiger partial charge in [0.2, 0.25) is 5.91 Å². The molecule has 0 saturated heterocycles. The smallest absolute Gasteiger partial charge is 0.226 e. The van der Waals surface area contributed by atoms with Gasteiger partial charge in [0.05, 0.1) is 19.0 Å². The first kappa shape index (κ1) is 18.6. The monoisotopic (exact) mass is 391 g/mol. The van der Waals surface area contributed by atoms with Crippen molar-refractivity contribution in [3.63, 3.8) is 0 Å². The van der Waals surface area contributed by atoms with Gasteiger partial charge in [-0.25, -0.2) is 9.07 Å². The number of terminal acetylenes is 1. The summed E-state index contributed by atoms with van der Waals surface area (Å²) in [5, 5.41) is 7.29. The zero-order chi connectivity index (χ0) is 20.4. The summed E-state index contributed by atoms with van der Waals surface area (Å²) in [5.74, 6) is 3.40. The molecule has 146 valence electrons. The maximum absolute atomic E-state index is 13.3. The van der Waals surface area contributed by atoms with Crippen LogP contribution in [0.4, 0.5) is 10.2 Å². The second-order valence-corrected chi connectivity index (χ2v) is 6.54. The van der Waals surface area contributed by atoms with E-state index in [1.54, 1.807) is 36.2 Å². The molecule has 6 nitrogen and oxygen atoms in total. The van der Waals surface area contributed by atoms with Crippen molar-refractivity contribution in [2.45, 2.75) is 12.3 Å². The minimum absolute atomic E-state index is 0.127. The Hall–Kier alpha value is -3.79. The quantitative estimate of drug-likeness (QED) is 0.676. The SMILES string of the molecule is C#CCOc1ccc([C@H]2CC(=O)Nc3c2cnn3-c2ccc(F)cc2)cc1OC. The van der Waals surface area contributed by atoms with Gasteiger partial charge in [-0.2, -0.15) is 5.10 Å². The lowest BCUT2D eigenvalue weighted by Gasteiger charge is -2.24. The molecule has 2 aromatic carbocycles. The number of methoxy groups -OCH3 is 1. The van der Waals surface area contributed by atoms with Crippen molar-refractivity contribution in [1.29, 1.82) is 0 Å². The van der Waals surface area contributed by atoms with Crippen LogP contribution in [0.15, 0.2) is 48.7 Å². The van der Waals surface area contributed by atoms with Gasteiger partial charge in [0.15, 0.2) is 11.5 Å². The Morgan fingerprint density at radius 2 is 2.07 bits per heavy atom. The summed E-state index contributed by atoms with van der Waals surface area (Å²) in [5.41, 5.74) is 2.42. The maximum atomic E-state index is 13.3. The Morgan fingerprint density at radius 1 is 1.28 bits per heavy atom. The topological polar surface area (TPSA) is 65.4 Å². The van der Waals surface area contributed by atoms with Gasteiger partial charge < -0.3 is 14.8 Å². The molecule has 0 aliphatic carbocycles. The third-order valence-corrected chi connectivity index (χ3v) is 4.79. The van der Waals surface area contributed by atoms with E-state index in [-0.39, 0.29) is 30.7 Å². The van der Waals surface area contributed by atoms with Crippen molar-refractivity contribution in [2.24, 2.45) is 0 Å². The standard InChI is InChI=1S/C22H18FN3O3/c1-3-10-29-19-9-4-14(11-20(19)28-2)17-12-21(27)25-22-18(17)13-24-26(22)16-7-5-15(23)6-8-16/h1,4-9,11,13,17H,10,12H2,2H3,(H,25,27)/t17-/m1/s1. The van der Waals surface area contributed by atoms with Gasteiger partial charge in [0, 0.05) is 17.9 Å². The maximum Gasteiger partial charge on any atom is 0.226 e. The van der Waals surface area contributed by atoms with E-state index in [1.807, 2.05) is 12.1 Å². The van der Waals surface area contributed by atoms with E-state index in [4.69, 9.17) is 15.9 Å². The lowest BCUT2D eigenvalue weighted by molar-refractivity contribution is -0.116. The highest BCUT2D eigenvalue weighted by Gasteiger charge is 2.31. The van der Waals surface area contributed by atoms with Crippen LogP contribution in [0.3, 0.4) is 0 Å². The molecular weight excluding hydrogens is 373 g/mol. The molecule has 0 bridgehead atoms. The fourth-order valence-electron chi connectivity index (χ4n) is 3.43. The van der Waals surface area contributed by atoms with Crippen molar-refractivity contribution in [1.82, 2.24) is 9.78 Å². The van der Waals surface area contributed by atoms with Crippen LogP contribution in [-0.4, -0.2) is 29.4 Å². The predicted octanol–water partition coefficient (Wildman–Crippen LogP) is 3.51. The molecule has 0 unspecified atom stereocenters. The number of ether oxygens (including phenoxy) is 2. The number of carbonyl (C=O) groups is 1. The molecular formula is C22H18FN3O3. The molecule has 1 amide bonds. The number of rotatable bonds is 5. The summed E-state index contributed by atoms with van der Waals surface area (Å²) in [6.45, 7) is 0.135. The number of halogens is 1. The second kappa shape index (κ2) is 7.68. The number of hydrogen-bond donors (Lipinski definition) is 1. The summed E-state index contributed by atoms with van der Waals surface area (Å²) in [6.07, 6.45) is 7.25. The van der Waals surface area contributed by atoms with E-state index < -0.39 is 0 Å². The number of fused-ring (bicyclic) bond motifs is 1. The molecule has 0 saturated carbocycles. The Kier molecular flexibility index (Phi) is 4.92. The fraction of sp³-hybridized carbons (Fsp3) is 0.182. The highest BCUT2D eigenvalue weighted by molar-refractivity contribution is 5.94. The number of amides is 1. The van der Waals surface area contributed by atoms with Crippen LogP contribution < -0.4 is 14.8 Å². The number of hydrogen-bond acceptors (Lipinski definition) is 4. The third kappa shape index (κ3) is 3.52. The van der Waals surface area contributed by atoms with E-state index in [1.165, 1.54) is 12.1 Å². The molecule has 1 aromatic heterocycles. The number of anilines is 1. The molecule has 2 heterocycles. The van der Waals surface area contributed by atoms with Crippen molar-refractivity contribution in [2.75, 3.05) is 19.0 Å². The van der Waals surface area contributed by atoms with E-state index in [2.05, 4.69) is 16.3 Å². The molecule has 4 rings (SSSR count). The van der Waals surface area contributed by atoms with Crippen molar-refractivity contribution in [3.8, 4) is 29.5 Å². The summed E-state index contributed by atoms with van der Waals surface area (Å²) in [4.78, 5) is 12.4. The van der Waals surface area contributed by atoms with E-state index in [9.17, 15) is 9.18 Å². The minimum Gasteiger partial charge on any atom is -0.493 e. The highest BCUT2D eigenvalue weighted by atomic mass is 19.1. The number of nitrogens with one attached hydrogen (secondary N) is 1. The minimum atomic E-state index is -0.337. The van der Waals surface area contributed by atoms with Crippen molar-refractivity contribution >= 4 is 11.7 Å². The van der Waals surface area contributed by atoms with Gasteiger partial charge in [-0.15, -0.1) is 6.42 Å². The normalized spacial score (nSPS) is 15.2. The van der Waals surface area contributed by atoms with Crippen molar-refractivity contribution in [3.05, 3.63) is 65.6 Å². The number of carbonyl (C=O) groups excluding carboxylic acids is 1. The van der Waals surface area contributed by atoms with Crippen LogP contribution in [0.5, 0.6) is 11.5 Å². The summed E-state index contributed by atoms with van der Waals surface area (Å²) >= 11 is 0. The highest BCUT2D eigenvalue weighted by Crippen LogP contribution is 2.40. The molecule has 0 spiro atoms. The van der Waals surface area contributed by atoms with Crippen LogP contribution in [0.1, 0.15) is 23.5 Å². The summed E-state index contributed by atoms with van der Waals surface area (Å²) < 4.78 is 25.8. The average Bonchev–Trinajstić information content (AvgIpc) is 3.15. The first-order valence-electron chi connectivity index (χ1n) is 8.98. The number of benzene rings is 2. The molecule has 1 atom stereocenters. The Labute approximate surface area is 167 Å².